The molecule has 6 aromatic rings. The summed E-state index contributed by atoms with van der Waals surface area (Å²) in [4.78, 5) is 51.0. The predicted octanol–water partition coefficient (Wildman–Crippen LogP) is 11.2. The summed E-state index contributed by atoms with van der Waals surface area (Å²) in [5.41, 5.74) is 5.71. The van der Waals surface area contributed by atoms with Crippen LogP contribution in [-0.2, 0) is 50.0 Å². The van der Waals surface area contributed by atoms with E-state index >= 15 is 0 Å². The van der Waals surface area contributed by atoms with Gasteiger partial charge in [-0.2, -0.15) is 0 Å². The Morgan fingerprint density at radius 3 is 1.37 bits per heavy atom. The van der Waals surface area contributed by atoms with Gasteiger partial charge in [0, 0.05) is 48.7 Å². The average molecular weight is 1120 g/mol. The van der Waals surface area contributed by atoms with Gasteiger partial charge in [-0.3, -0.25) is 19.2 Å². The van der Waals surface area contributed by atoms with Crippen LogP contribution in [0.5, 0.6) is 23.0 Å². The molecule has 0 bridgehead atoms. The van der Waals surface area contributed by atoms with Gasteiger partial charge in [0.25, 0.3) is 0 Å². The molecule has 3 N–H and O–H groups in total. The molecule has 8 rings (SSSR count). The van der Waals surface area contributed by atoms with E-state index in [1.54, 1.807) is 140 Å². The zero-order valence-corrected chi connectivity index (χ0v) is 44.2. The van der Waals surface area contributed by atoms with Crippen LogP contribution in [0.2, 0.25) is 0 Å². The molecule has 21 heteroatoms. The maximum Gasteiger partial charge on any atom is 0.573 e. The Morgan fingerprint density at radius 2 is 0.975 bits per heavy atom. The van der Waals surface area contributed by atoms with E-state index in [0.29, 0.717) is 77.4 Å². The van der Waals surface area contributed by atoms with Crippen LogP contribution in [0.4, 0.5) is 37.7 Å². The Labute approximate surface area is 459 Å². The second-order valence-corrected chi connectivity index (χ2v) is 19.1. The number of benzene rings is 6. The maximum absolute atomic E-state index is 13.1. The lowest BCUT2D eigenvalue weighted by Crippen LogP contribution is -2.38. The zero-order valence-electron chi connectivity index (χ0n) is 43.4. The zero-order chi connectivity index (χ0) is 56.0. The number of halogens is 7. The molecular weight excluding hydrogens is 1060 g/mol. The van der Waals surface area contributed by atoms with E-state index in [2.05, 4.69) is 20.1 Å². The summed E-state index contributed by atoms with van der Waals surface area (Å²) in [6.45, 7) is 7.13. The highest BCUT2D eigenvalue weighted by Gasteiger charge is 2.34. The highest BCUT2D eigenvalue weighted by molar-refractivity contribution is 5.97. The lowest BCUT2D eigenvalue weighted by Gasteiger charge is -2.20. The molecule has 0 saturated carbocycles. The Bertz CT molecular complexity index is 3050. The molecule has 2 aliphatic rings. The number of esters is 1. The van der Waals surface area contributed by atoms with Gasteiger partial charge in [-0.25, -0.2) is 0 Å². The van der Waals surface area contributed by atoms with Gasteiger partial charge in [0.1, 0.15) is 41.8 Å². The molecule has 2 aliphatic heterocycles. The van der Waals surface area contributed by atoms with Crippen molar-refractivity contribution in [1.29, 1.82) is 0 Å². The monoisotopic (exact) mass is 1120 g/mol. The third kappa shape index (κ3) is 18.4. The van der Waals surface area contributed by atoms with E-state index in [0.717, 1.165) is 22.5 Å². The number of carbonyl (C=O) groups is 4. The fourth-order valence-corrected chi connectivity index (χ4v) is 8.59. The molecule has 14 nitrogen and oxygen atoms in total. The standard InChI is InChI=1S/C31H33F3N2O5.C27H25F3N2O5.ClH/c1-30(2,3)41-29(38)13-15-35-19-28(37)36-16-14-23-18-24(10-12-26(23)36)39-20-21-9-11-25(22-7-5-4-6-8-22)27(17-21)40-31(32,33)34;28-27(29,30)37-24-14-18(6-8-22(24)19-4-2-1-3-5-19)17-36-21-7-9-23-20(15-21)11-13-32(23)25(33)16-31-12-10-26(34)35;/h4-12,17-18,35H,13-16,19-20H2,1-3H3;1-9,14-15,31H,10-13,16-17H2,(H,34,35);1H. The van der Waals surface area contributed by atoms with Crippen molar-refractivity contribution >= 4 is 47.5 Å². The molecule has 0 radical (unpaired) electrons. The topological polar surface area (TPSA) is 165 Å². The van der Waals surface area contributed by atoms with Crippen LogP contribution in [0.25, 0.3) is 22.3 Å². The second-order valence-electron chi connectivity index (χ2n) is 19.1. The van der Waals surface area contributed by atoms with Crippen molar-refractivity contribution in [2.24, 2.45) is 0 Å². The third-order valence-corrected chi connectivity index (χ3v) is 12.0. The van der Waals surface area contributed by atoms with Gasteiger partial charge in [0.15, 0.2) is 0 Å². The van der Waals surface area contributed by atoms with E-state index in [9.17, 15) is 45.5 Å². The van der Waals surface area contributed by atoms with Crippen LogP contribution in [0.1, 0.15) is 55.9 Å². The highest BCUT2D eigenvalue weighted by atomic mass is 35.5. The summed E-state index contributed by atoms with van der Waals surface area (Å²) < 4.78 is 104. The SMILES string of the molecule is CC(C)(C)OC(=O)CCNCC(=O)N1CCc2cc(OCc3ccc(-c4ccccc4)c(OC(F)(F)F)c3)ccc21.Cl.O=C(O)CCNCC(=O)N1CCc2cc(OCc3ccc(-c4ccccc4)c(OC(F)(F)F)c3)ccc21. The van der Waals surface area contributed by atoms with Crippen molar-refractivity contribution in [3.8, 4) is 45.3 Å². The number of fused-ring (bicyclic) bond motifs is 2. The molecule has 0 fully saturated rings. The van der Waals surface area contributed by atoms with Gasteiger partial charge in [-0.05, 0) is 116 Å². The van der Waals surface area contributed by atoms with E-state index < -0.39 is 24.3 Å². The van der Waals surface area contributed by atoms with Gasteiger partial charge in [0.05, 0.1) is 25.9 Å². The highest BCUT2D eigenvalue weighted by Crippen LogP contribution is 2.38. The van der Waals surface area contributed by atoms with E-state index in [-0.39, 0.29) is 87.4 Å². The molecule has 2 heterocycles. The van der Waals surface area contributed by atoms with Crippen molar-refractivity contribution in [2.45, 2.75) is 78.0 Å². The van der Waals surface area contributed by atoms with Gasteiger partial charge in [0.2, 0.25) is 11.8 Å². The molecular formula is C58H59ClF6N4O10. The van der Waals surface area contributed by atoms with Gasteiger partial charge >= 0.3 is 24.7 Å². The average Bonchev–Trinajstić information content (AvgIpc) is 4.07. The van der Waals surface area contributed by atoms with Crippen molar-refractivity contribution < 1.29 is 74.3 Å². The fourth-order valence-electron chi connectivity index (χ4n) is 8.59. The summed E-state index contributed by atoms with van der Waals surface area (Å²) in [5.74, 6) is -1.07. The third-order valence-electron chi connectivity index (χ3n) is 12.0. The largest absolute Gasteiger partial charge is 0.573 e. The molecule has 2 amide bonds. The second kappa shape index (κ2) is 27.2. The van der Waals surface area contributed by atoms with E-state index in [1.165, 1.54) is 12.1 Å². The number of carboxylic acid groups (broad SMARTS) is 1. The van der Waals surface area contributed by atoms with Crippen LogP contribution >= 0.6 is 12.4 Å². The molecule has 0 saturated heterocycles. The van der Waals surface area contributed by atoms with Crippen LogP contribution in [0.15, 0.2) is 133 Å². The predicted molar refractivity (Wildman–Crippen MR) is 286 cm³/mol. The Kier molecular flexibility index (Phi) is 20.8. The molecule has 0 unspecified atom stereocenters. The first-order valence-electron chi connectivity index (χ1n) is 24.9. The molecule has 0 atom stereocenters. The minimum atomic E-state index is -4.84. The van der Waals surface area contributed by atoms with E-state index in [4.69, 9.17) is 19.3 Å². The number of aliphatic carboxylic acids is 1. The summed E-state index contributed by atoms with van der Waals surface area (Å²) in [6.07, 6.45) is -8.30. The number of ether oxygens (including phenoxy) is 5. The first-order chi connectivity index (χ1) is 37.1. The Morgan fingerprint density at radius 1 is 0.557 bits per heavy atom. The molecule has 0 aromatic heterocycles. The lowest BCUT2D eigenvalue weighted by atomic mass is 10.0. The van der Waals surface area contributed by atoms with Gasteiger partial charge < -0.3 is 49.2 Å². The first kappa shape index (κ1) is 60.4. The number of nitrogens with one attached hydrogen (secondary N) is 2. The van der Waals surface area contributed by atoms with Gasteiger partial charge in [-0.15, -0.1) is 38.7 Å². The smallest absolute Gasteiger partial charge is 0.489 e. The van der Waals surface area contributed by atoms with Crippen molar-refractivity contribution in [3.63, 3.8) is 0 Å². The molecule has 0 spiro atoms. The molecule has 79 heavy (non-hydrogen) atoms. The van der Waals surface area contributed by atoms with E-state index in [1.807, 2.05) is 12.1 Å². The normalized spacial score (nSPS) is 12.8. The number of rotatable bonds is 20. The quantitative estimate of drug-likeness (QED) is 0.0377. The number of hydrogen-bond donors (Lipinski definition) is 3. The number of alkyl halides is 6. The number of hydrogen-bond acceptors (Lipinski definition) is 11. The summed E-state index contributed by atoms with van der Waals surface area (Å²) in [7, 11) is 0. The van der Waals surface area contributed by atoms with Crippen molar-refractivity contribution in [3.05, 3.63) is 156 Å². The van der Waals surface area contributed by atoms with Gasteiger partial charge in [-0.1, -0.05) is 84.9 Å². The molecule has 0 aliphatic carbocycles. The minimum absolute atomic E-state index is 0. The Hall–Kier alpha value is -7.81. The maximum atomic E-state index is 13.1. The summed E-state index contributed by atoms with van der Waals surface area (Å²) in [6, 6.07) is 37.2. The number of carboxylic acids is 1. The molecule has 6 aromatic carbocycles. The van der Waals surface area contributed by atoms with Crippen LogP contribution in [-0.4, -0.2) is 86.5 Å². The fraction of sp³-hybridized carbons (Fsp3) is 0.310. The number of amides is 2. The van der Waals surface area contributed by atoms with Crippen LogP contribution in [0, 0.1) is 0 Å². The Balaban J connectivity index is 0.000000253. The number of nitrogens with zero attached hydrogens (tertiary/aromatic N) is 2. The molecule has 420 valence electrons. The summed E-state index contributed by atoms with van der Waals surface area (Å²) in [5, 5.41) is 14.5. The number of carbonyl (C=O) groups excluding carboxylic acids is 3. The van der Waals surface area contributed by atoms with Crippen molar-refractivity contribution in [1.82, 2.24) is 10.6 Å². The summed E-state index contributed by atoms with van der Waals surface area (Å²) >= 11 is 0. The minimum Gasteiger partial charge on any atom is -0.489 e. The number of anilines is 2. The van der Waals surface area contributed by atoms with Crippen LogP contribution in [0.3, 0.4) is 0 Å². The van der Waals surface area contributed by atoms with Crippen molar-refractivity contribution in [2.75, 3.05) is 49.1 Å². The first-order valence-corrected chi connectivity index (χ1v) is 24.9. The lowest BCUT2D eigenvalue weighted by molar-refractivity contribution is -0.275. The van der Waals surface area contributed by atoms with Crippen LogP contribution < -0.4 is 39.4 Å².